The van der Waals surface area contributed by atoms with Crippen molar-refractivity contribution in [2.75, 3.05) is 26.7 Å². The van der Waals surface area contributed by atoms with E-state index in [1.165, 1.54) is 38.8 Å². The summed E-state index contributed by atoms with van der Waals surface area (Å²) in [7, 11) is 2.26. The average molecular weight is 225 g/mol. The summed E-state index contributed by atoms with van der Waals surface area (Å²) in [6, 6.07) is 1.53. The number of hydrogen-bond donors (Lipinski definition) is 1. The fourth-order valence-corrected chi connectivity index (χ4v) is 2.98. The van der Waals surface area contributed by atoms with Crippen molar-refractivity contribution in [3.8, 4) is 0 Å². The lowest BCUT2D eigenvalue weighted by atomic mass is 9.94. The van der Waals surface area contributed by atoms with Crippen molar-refractivity contribution in [2.45, 2.75) is 57.2 Å². The van der Waals surface area contributed by atoms with Crippen molar-refractivity contribution in [3.63, 3.8) is 0 Å². The molecule has 2 atom stereocenters. The van der Waals surface area contributed by atoms with Crippen LogP contribution in [0.15, 0.2) is 0 Å². The molecular formula is C13H27N3. The second kappa shape index (κ2) is 4.63. The van der Waals surface area contributed by atoms with Crippen LogP contribution >= 0.6 is 0 Å². The van der Waals surface area contributed by atoms with Crippen LogP contribution in [0.4, 0.5) is 0 Å². The third-order valence-corrected chi connectivity index (χ3v) is 4.81. The van der Waals surface area contributed by atoms with E-state index in [2.05, 4.69) is 30.7 Å². The number of rotatable bonds is 5. The molecule has 2 fully saturated rings. The topological polar surface area (TPSA) is 32.5 Å². The molecule has 0 aromatic heterocycles. The summed E-state index contributed by atoms with van der Waals surface area (Å²) >= 11 is 0. The Balaban J connectivity index is 2.02. The highest BCUT2D eigenvalue weighted by Crippen LogP contribution is 2.36. The summed E-state index contributed by atoms with van der Waals surface area (Å²) in [6.07, 6.45) is 5.28. The van der Waals surface area contributed by atoms with Gasteiger partial charge in [-0.15, -0.1) is 0 Å². The van der Waals surface area contributed by atoms with Gasteiger partial charge in [-0.05, 0) is 39.7 Å². The molecule has 0 radical (unpaired) electrons. The van der Waals surface area contributed by atoms with Crippen LogP contribution in [0, 0.1) is 0 Å². The molecule has 2 unspecified atom stereocenters. The van der Waals surface area contributed by atoms with Crippen LogP contribution in [-0.4, -0.2) is 54.1 Å². The lowest BCUT2D eigenvalue weighted by Gasteiger charge is -2.41. The minimum absolute atomic E-state index is 0.248. The van der Waals surface area contributed by atoms with Crippen LogP contribution < -0.4 is 5.73 Å². The summed E-state index contributed by atoms with van der Waals surface area (Å²) in [4.78, 5) is 5.20. The molecule has 1 aliphatic carbocycles. The summed E-state index contributed by atoms with van der Waals surface area (Å²) in [5, 5.41) is 0. The van der Waals surface area contributed by atoms with Crippen LogP contribution in [0.3, 0.4) is 0 Å². The first-order valence-corrected chi connectivity index (χ1v) is 6.80. The van der Waals surface area contributed by atoms with Crippen molar-refractivity contribution in [3.05, 3.63) is 0 Å². The highest BCUT2D eigenvalue weighted by molar-refractivity contribution is 5.03. The molecule has 1 aliphatic heterocycles. The van der Waals surface area contributed by atoms with Gasteiger partial charge in [0.1, 0.15) is 0 Å². The number of nitrogens with two attached hydrogens (primary N) is 1. The monoisotopic (exact) mass is 225 g/mol. The maximum Gasteiger partial charge on any atom is 0.0470 e. The van der Waals surface area contributed by atoms with E-state index < -0.39 is 0 Å². The zero-order valence-electron chi connectivity index (χ0n) is 11.1. The molecule has 94 valence electrons. The van der Waals surface area contributed by atoms with E-state index in [4.69, 9.17) is 5.73 Å². The zero-order chi connectivity index (χ0) is 11.8. The Labute approximate surface area is 100.0 Å². The molecule has 2 aliphatic rings. The molecule has 1 saturated carbocycles. The molecule has 0 spiro atoms. The molecule has 1 saturated heterocycles. The smallest absolute Gasteiger partial charge is 0.0470 e. The highest BCUT2D eigenvalue weighted by atomic mass is 15.3. The Morgan fingerprint density at radius 3 is 2.69 bits per heavy atom. The van der Waals surface area contributed by atoms with Crippen LogP contribution in [0.5, 0.6) is 0 Å². The van der Waals surface area contributed by atoms with E-state index in [0.29, 0.717) is 6.04 Å². The van der Waals surface area contributed by atoms with Gasteiger partial charge in [-0.2, -0.15) is 0 Å². The van der Waals surface area contributed by atoms with Gasteiger partial charge in [0.25, 0.3) is 0 Å². The summed E-state index contributed by atoms with van der Waals surface area (Å²) in [5.41, 5.74) is 6.32. The Morgan fingerprint density at radius 1 is 1.50 bits per heavy atom. The van der Waals surface area contributed by atoms with Crippen LogP contribution in [0.1, 0.15) is 39.5 Å². The fraction of sp³-hybridized carbons (Fsp3) is 1.00. The molecule has 0 bridgehead atoms. The number of hydrogen-bond acceptors (Lipinski definition) is 3. The molecule has 1 heterocycles. The second-order valence-corrected chi connectivity index (χ2v) is 5.75. The Morgan fingerprint density at radius 2 is 2.19 bits per heavy atom. The van der Waals surface area contributed by atoms with Crippen molar-refractivity contribution in [2.24, 2.45) is 5.73 Å². The van der Waals surface area contributed by atoms with E-state index in [-0.39, 0.29) is 5.54 Å². The largest absolute Gasteiger partial charge is 0.329 e. The average Bonchev–Trinajstić information content (AvgIpc) is 3.07. The molecule has 3 heteroatoms. The molecule has 3 nitrogen and oxygen atoms in total. The lowest BCUT2D eigenvalue weighted by molar-refractivity contribution is 0.0866. The van der Waals surface area contributed by atoms with Crippen LogP contribution in [-0.2, 0) is 0 Å². The molecule has 0 aromatic carbocycles. The first-order chi connectivity index (χ1) is 7.63. The Kier molecular flexibility index (Phi) is 3.57. The van der Waals surface area contributed by atoms with Crippen molar-refractivity contribution < 1.29 is 0 Å². The third kappa shape index (κ3) is 2.13. The summed E-state index contributed by atoms with van der Waals surface area (Å²) in [6.45, 7) is 7.82. The van der Waals surface area contributed by atoms with Crippen LogP contribution in [0.25, 0.3) is 0 Å². The predicted octanol–water partition coefficient (Wildman–Crippen LogP) is 1.28. The van der Waals surface area contributed by atoms with Gasteiger partial charge in [-0.25, -0.2) is 0 Å². The van der Waals surface area contributed by atoms with E-state index in [1.54, 1.807) is 0 Å². The van der Waals surface area contributed by atoms with Gasteiger partial charge < -0.3 is 5.73 Å². The van der Waals surface area contributed by atoms with E-state index in [9.17, 15) is 0 Å². The van der Waals surface area contributed by atoms with Gasteiger partial charge in [0, 0.05) is 37.3 Å². The van der Waals surface area contributed by atoms with E-state index >= 15 is 0 Å². The quantitative estimate of drug-likeness (QED) is 0.765. The fourth-order valence-electron chi connectivity index (χ4n) is 2.98. The molecule has 0 aromatic rings. The van der Waals surface area contributed by atoms with Crippen molar-refractivity contribution in [1.82, 2.24) is 9.80 Å². The SMILES string of the molecule is CCC(C)N(C)C1(CN)CCN(C2CC2)C1. The molecule has 2 N–H and O–H groups in total. The standard InChI is InChI=1S/C13H27N3/c1-4-11(2)15(3)13(9-14)7-8-16(10-13)12-5-6-12/h11-12H,4-10,14H2,1-3H3. The van der Waals surface area contributed by atoms with Gasteiger partial charge in [0.15, 0.2) is 0 Å². The normalized spacial score (nSPS) is 33.6. The first-order valence-electron chi connectivity index (χ1n) is 6.80. The number of likely N-dealkylation sites (tertiary alicyclic amines) is 1. The molecule has 16 heavy (non-hydrogen) atoms. The zero-order valence-corrected chi connectivity index (χ0v) is 11.1. The third-order valence-electron chi connectivity index (χ3n) is 4.81. The summed E-state index contributed by atoms with van der Waals surface area (Å²) in [5.74, 6) is 0. The van der Waals surface area contributed by atoms with E-state index in [1.807, 2.05) is 0 Å². The maximum absolute atomic E-state index is 6.08. The second-order valence-electron chi connectivity index (χ2n) is 5.75. The van der Waals surface area contributed by atoms with Gasteiger partial charge in [-0.3, -0.25) is 9.80 Å². The van der Waals surface area contributed by atoms with Crippen LogP contribution in [0.2, 0.25) is 0 Å². The molecule has 2 rings (SSSR count). The van der Waals surface area contributed by atoms with Gasteiger partial charge in [0.2, 0.25) is 0 Å². The molecule has 0 amide bonds. The van der Waals surface area contributed by atoms with Gasteiger partial charge in [0.05, 0.1) is 0 Å². The first kappa shape index (κ1) is 12.3. The van der Waals surface area contributed by atoms with Crippen molar-refractivity contribution >= 4 is 0 Å². The minimum Gasteiger partial charge on any atom is -0.329 e. The highest BCUT2D eigenvalue weighted by Gasteiger charge is 2.45. The minimum atomic E-state index is 0.248. The van der Waals surface area contributed by atoms with Gasteiger partial charge >= 0.3 is 0 Å². The summed E-state index contributed by atoms with van der Waals surface area (Å²) < 4.78 is 0. The maximum atomic E-state index is 6.08. The van der Waals surface area contributed by atoms with Gasteiger partial charge in [-0.1, -0.05) is 6.92 Å². The predicted molar refractivity (Wildman–Crippen MR) is 68.5 cm³/mol. The molecular weight excluding hydrogens is 198 g/mol. The Hall–Kier alpha value is -0.120. The lowest BCUT2D eigenvalue weighted by Crippen LogP contribution is -2.56. The van der Waals surface area contributed by atoms with Crippen molar-refractivity contribution in [1.29, 1.82) is 0 Å². The number of nitrogens with zero attached hydrogens (tertiary/aromatic N) is 2. The number of likely N-dealkylation sites (N-methyl/N-ethyl adjacent to an activating group) is 1. The Bertz CT molecular complexity index is 239. The van der Waals surface area contributed by atoms with E-state index in [0.717, 1.165) is 12.6 Å².